The molecule has 0 nitrogen and oxygen atoms in total. The summed E-state index contributed by atoms with van der Waals surface area (Å²) in [5.74, 6) is 0. The summed E-state index contributed by atoms with van der Waals surface area (Å²) in [5.41, 5.74) is 2.03. The molecule has 0 amide bonds. The number of rotatable bonds is 1. The Balaban J connectivity index is 2.59. The number of thiophene rings is 1. The van der Waals surface area contributed by atoms with E-state index in [1.165, 1.54) is 11.3 Å². The number of hydrogen-bond donors (Lipinski definition) is 0. The third kappa shape index (κ3) is 1.73. The van der Waals surface area contributed by atoms with Crippen LogP contribution in [0.5, 0.6) is 0 Å². The summed E-state index contributed by atoms with van der Waals surface area (Å²) in [6, 6.07) is 7.52. The van der Waals surface area contributed by atoms with Gasteiger partial charge in [-0.2, -0.15) is 0 Å². The Morgan fingerprint density at radius 1 is 1.23 bits per heavy atom. The molecule has 0 N–H and O–H groups in total. The van der Waals surface area contributed by atoms with Crippen molar-refractivity contribution in [1.29, 1.82) is 0 Å². The van der Waals surface area contributed by atoms with E-state index in [2.05, 4.69) is 5.38 Å². The van der Waals surface area contributed by atoms with E-state index in [1.807, 2.05) is 23.6 Å². The molecule has 3 heteroatoms. The van der Waals surface area contributed by atoms with Crippen LogP contribution in [0.1, 0.15) is 0 Å². The molecule has 0 fully saturated rings. The molecule has 1 aromatic carbocycles. The molecule has 65 valence electrons. The van der Waals surface area contributed by atoms with Gasteiger partial charge in [0.2, 0.25) is 0 Å². The quantitative estimate of drug-likeness (QED) is 0.673. The van der Waals surface area contributed by atoms with Crippen molar-refractivity contribution in [2.75, 3.05) is 0 Å². The lowest BCUT2D eigenvalue weighted by atomic mass is 10.1. The summed E-state index contributed by atoms with van der Waals surface area (Å²) in [6.07, 6.45) is 0. The first-order valence-electron chi connectivity index (χ1n) is 3.68. The van der Waals surface area contributed by atoms with Gasteiger partial charge in [-0.05, 0) is 23.1 Å². The van der Waals surface area contributed by atoms with E-state index in [1.54, 1.807) is 6.07 Å². The standard InChI is InChI=1S/C10H5Cl2S/c11-9-3-1-2-8(10(9)12)7-4-5-13-6-7/h1-4,6H. The maximum absolute atomic E-state index is 6.04. The van der Waals surface area contributed by atoms with E-state index >= 15 is 0 Å². The maximum atomic E-state index is 6.04. The molecule has 0 unspecified atom stereocenters. The second-order valence-electron chi connectivity index (χ2n) is 2.55. The van der Waals surface area contributed by atoms with E-state index < -0.39 is 0 Å². The van der Waals surface area contributed by atoms with Crippen LogP contribution in [0.2, 0.25) is 10.0 Å². The third-order valence-corrected chi connectivity index (χ3v) is 3.18. The van der Waals surface area contributed by atoms with Gasteiger partial charge in [-0.3, -0.25) is 0 Å². The van der Waals surface area contributed by atoms with Gasteiger partial charge < -0.3 is 0 Å². The van der Waals surface area contributed by atoms with Gasteiger partial charge >= 0.3 is 0 Å². The maximum Gasteiger partial charge on any atom is 0.0670 e. The fraction of sp³-hybridized carbons (Fsp3) is 0. The van der Waals surface area contributed by atoms with Crippen LogP contribution in [0, 0.1) is 5.38 Å². The molecule has 1 radical (unpaired) electrons. The van der Waals surface area contributed by atoms with Gasteiger partial charge in [-0.1, -0.05) is 35.3 Å². The summed E-state index contributed by atoms with van der Waals surface area (Å²) >= 11 is 13.5. The largest absolute Gasteiger partial charge is 0.142 e. The summed E-state index contributed by atoms with van der Waals surface area (Å²) in [6.45, 7) is 0. The average molecular weight is 228 g/mol. The van der Waals surface area contributed by atoms with Crippen LogP contribution in [0.15, 0.2) is 29.6 Å². The molecule has 2 rings (SSSR count). The molecule has 0 aliphatic heterocycles. The molecule has 0 saturated carbocycles. The minimum atomic E-state index is 0.588. The minimum Gasteiger partial charge on any atom is -0.142 e. The van der Waals surface area contributed by atoms with Gasteiger partial charge in [0.05, 0.1) is 10.0 Å². The normalized spacial score (nSPS) is 10.3. The van der Waals surface area contributed by atoms with Gasteiger partial charge in [-0.25, -0.2) is 0 Å². The molecule has 0 atom stereocenters. The Kier molecular flexibility index (Phi) is 2.58. The molecule has 0 aliphatic rings. The first-order chi connectivity index (χ1) is 6.29. The zero-order valence-corrected chi connectivity index (χ0v) is 8.88. The number of halogens is 2. The van der Waals surface area contributed by atoms with Gasteiger partial charge in [0.1, 0.15) is 0 Å². The first-order valence-corrected chi connectivity index (χ1v) is 5.31. The van der Waals surface area contributed by atoms with E-state index in [-0.39, 0.29) is 0 Å². The lowest BCUT2D eigenvalue weighted by Crippen LogP contribution is -1.76. The second-order valence-corrected chi connectivity index (χ2v) is 4.05. The van der Waals surface area contributed by atoms with Crippen LogP contribution in [-0.4, -0.2) is 0 Å². The Labute approximate surface area is 90.7 Å². The van der Waals surface area contributed by atoms with Crippen molar-refractivity contribution in [1.82, 2.24) is 0 Å². The smallest absolute Gasteiger partial charge is 0.0670 e. The van der Waals surface area contributed by atoms with Crippen molar-refractivity contribution >= 4 is 34.5 Å². The summed E-state index contributed by atoms with van der Waals surface area (Å²) in [7, 11) is 0. The van der Waals surface area contributed by atoms with Gasteiger partial charge in [0, 0.05) is 10.9 Å². The molecule has 1 aromatic heterocycles. The van der Waals surface area contributed by atoms with Crippen LogP contribution in [0.3, 0.4) is 0 Å². The summed E-state index contributed by atoms with van der Waals surface area (Å²) in [4.78, 5) is 0. The lowest BCUT2D eigenvalue weighted by Gasteiger charge is -2.02. The van der Waals surface area contributed by atoms with Crippen molar-refractivity contribution < 1.29 is 0 Å². The Morgan fingerprint density at radius 2 is 2.08 bits per heavy atom. The molecule has 0 aliphatic carbocycles. The highest BCUT2D eigenvalue weighted by atomic mass is 35.5. The molecule has 13 heavy (non-hydrogen) atoms. The van der Waals surface area contributed by atoms with E-state index in [0.29, 0.717) is 10.0 Å². The summed E-state index contributed by atoms with van der Waals surface area (Å²) in [5, 5.41) is 6.21. The molecular formula is C10H5Cl2S. The molecular weight excluding hydrogens is 223 g/mol. The highest BCUT2D eigenvalue weighted by Gasteiger charge is 2.06. The zero-order chi connectivity index (χ0) is 9.26. The predicted octanol–water partition coefficient (Wildman–Crippen LogP) is 4.52. The van der Waals surface area contributed by atoms with Crippen molar-refractivity contribution in [2.24, 2.45) is 0 Å². The Hall–Kier alpha value is -0.500. The van der Waals surface area contributed by atoms with E-state index in [4.69, 9.17) is 23.2 Å². The Morgan fingerprint density at radius 3 is 2.77 bits per heavy atom. The molecule has 0 bridgehead atoms. The van der Waals surface area contributed by atoms with Gasteiger partial charge in [0.25, 0.3) is 0 Å². The fourth-order valence-corrected chi connectivity index (χ4v) is 2.09. The monoisotopic (exact) mass is 227 g/mol. The van der Waals surface area contributed by atoms with E-state index in [0.717, 1.165) is 11.1 Å². The van der Waals surface area contributed by atoms with Crippen LogP contribution in [-0.2, 0) is 0 Å². The second kappa shape index (κ2) is 3.70. The van der Waals surface area contributed by atoms with Gasteiger partial charge in [-0.15, -0.1) is 11.3 Å². The van der Waals surface area contributed by atoms with Crippen LogP contribution >= 0.6 is 34.5 Å². The molecule has 2 aromatic rings. The van der Waals surface area contributed by atoms with Crippen molar-refractivity contribution in [2.45, 2.75) is 0 Å². The van der Waals surface area contributed by atoms with Gasteiger partial charge in [0.15, 0.2) is 0 Å². The van der Waals surface area contributed by atoms with E-state index in [9.17, 15) is 0 Å². The fourth-order valence-electron chi connectivity index (χ4n) is 1.10. The van der Waals surface area contributed by atoms with Crippen molar-refractivity contribution in [3.8, 4) is 11.1 Å². The number of hydrogen-bond acceptors (Lipinski definition) is 1. The lowest BCUT2D eigenvalue weighted by molar-refractivity contribution is 1.67. The number of benzene rings is 1. The highest BCUT2D eigenvalue weighted by molar-refractivity contribution is 7.07. The zero-order valence-electron chi connectivity index (χ0n) is 6.55. The molecule has 0 saturated heterocycles. The molecule has 0 spiro atoms. The third-order valence-electron chi connectivity index (χ3n) is 1.73. The topological polar surface area (TPSA) is 0 Å². The highest BCUT2D eigenvalue weighted by Crippen LogP contribution is 2.33. The average Bonchev–Trinajstić information content (AvgIpc) is 2.62. The summed E-state index contributed by atoms with van der Waals surface area (Å²) < 4.78 is 0. The SMILES string of the molecule is Clc1cccc(-c2c[c]sc2)c1Cl. The van der Waals surface area contributed by atoms with Crippen LogP contribution < -0.4 is 0 Å². The first kappa shape index (κ1) is 9.07. The van der Waals surface area contributed by atoms with Crippen molar-refractivity contribution in [3.63, 3.8) is 0 Å². The molecule has 1 heterocycles. The minimum absolute atomic E-state index is 0.588. The van der Waals surface area contributed by atoms with Crippen molar-refractivity contribution in [3.05, 3.63) is 45.1 Å². The van der Waals surface area contributed by atoms with Crippen LogP contribution in [0.4, 0.5) is 0 Å². The predicted molar refractivity (Wildman–Crippen MR) is 58.6 cm³/mol. The Bertz CT molecular complexity index is 407. The van der Waals surface area contributed by atoms with Crippen LogP contribution in [0.25, 0.3) is 11.1 Å².